The highest BCUT2D eigenvalue weighted by Gasteiger charge is 2.32. The van der Waals surface area contributed by atoms with E-state index in [1.807, 2.05) is 37.3 Å². The first-order valence-electron chi connectivity index (χ1n) is 6.22. The Labute approximate surface area is 107 Å². The lowest BCUT2D eigenvalue weighted by atomic mass is 9.92. The molecule has 2 rings (SSSR count). The van der Waals surface area contributed by atoms with Gasteiger partial charge in [-0.05, 0) is 18.9 Å². The number of benzene rings is 1. The van der Waals surface area contributed by atoms with Crippen molar-refractivity contribution in [3.63, 3.8) is 0 Å². The topological polar surface area (TPSA) is 58.6 Å². The lowest BCUT2D eigenvalue weighted by Crippen LogP contribution is -2.48. The molecule has 1 fully saturated rings. The third-order valence-corrected chi connectivity index (χ3v) is 3.43. The zero-order valence-corrected chi connectivity index (χ0v) is 10.6. The SMILES string of the molecule is CC(CO)(NC(=O)C1CCOC1)c1ccccc1. The number of hydrogen-bond acceptors (Lipinski definition) is 3. The van der Waals surface area contributed by atoms with Gasteiger partial charge >= 0.3 is 0 Å². The molecular weight excluding hydrogens is 230 g/mol. The van der Waals surface area contributed by atoms with Gasteiger partial charge in [0.05, 0.1) is 24.7 Å². The lowest BCUT2D eigenvalue weighted by Gasteiger charge is -2.30. The Morgan fingerprint density at radius 2 is 2.22 bits per heavy atom. The van der Waals surface area contributed by atoms with Crippen molar-refractivity contribution in [3.05, 3.63) is 35.9 Å². The van der Waals surface area contributed by atoms with E-state index in [0.717, 1.165) is 12.0 Å². The molecule has 1 saturated heterocycles. The molecule has 4 nitrogen and oxygen atoms in total. The number of carbonyl (C=O) groups excluding carboxylic acids is 1. The summed E-state index contributed by atoms with van der Waals surface area (Å²) in [6, 6.07) is 9.51. The molecule has 1 aromatic rings. The van der Waals surface area contributed by atoms with Gasteiger partial charge in [-0.2, -0.15) is 0 Å². The highest BCUT2D eigenvalue weighted by molar-refractivity contribution is 5.80. The molecule has 1 heterocycles. The summed E-state index contributed by atoms with van der Waals surface area (Å²) in [7, 11) is 0. The van der Waals surface area contributed by atoms with E-state index >= 15 is 0 Å². The van der Waals surface area contributed by atoms with Crippen LogP contribution in [0.4, 0.5) is 0 Å². The number of rotatable bonds is 4. The van der Waals surface area contributed by atoms with Crippen molar-refractivity contribution in [2.45, 2.75) is 18.9 Å². The molecule has 18 heavy (non-hydrogen) atoms. The Hall–Kier alpha value is -1.39. The van der Waals surface area contributed by atoms with Crippen LogP contribution >= 0.6 is 0 Å². The predicted molar refractivity (Wildman–Crippen MR) is 67.9 cm³/mol. The van der Waals surface area contributed by atoms with Crippen LogP contribution in [0, 0.1) is 5.92 Å². The lowest BCUT2D eigenvalue weighted by molar-refractivity contribution is -0.127. The highest BCUT2D eigenvalue weighted by atomic mass is 16.5. The molecule has 2 atom stereocenters. The molecule has 0 saturated carbocycles. The second-order valence-electron chi connectivity index (χ2n) is 4.91. The van der Waals surface area contributed by atoms with Crippen LogP contribution in [0.5, 0.6) is 0 Å². The molecule has 2 N–H and O–H groups in total. The fourth-order valence-corrected chi connectivity index (χ4v) is 2.12. The van der Waals surface area contributed by atoms with Crippen LogP contribution in [0.25, 0.3) is 0 Å². The maximum absolute atomic E-state index is 12.1. The molecule has 4 heteroatoms. The smallest absolute Gasteiger partial charge is 0.226 e. The fourth-order valence-electron chi connectivity index (χ4n) is 2.12. The fraction of sp³-hybridized carbons (Fsp3) is 0.500. The number of hydrogen-bond donors (Lipinski definition) is 2. The van der Waals surface area contributed by atoms with E-state index in [4.69, 9.17) is 4.74 Å². The van der Waals surface area contributed by atoms with Crippen LogP contribution in [0.15, 0.2) is 30.3 Å². The predicted octanol–water partition coefficient (Wildman–Crippen LogP) is 1.05. The van der Waals surface area contributed by atoms with Gasteiger partial charge in [0.15, 0.2) is 0 Å². The summed E-state index contributed by atoms with van der Waals surface area (Å²) >= 11 is 0. The van der Waals surface area contributed by atoms with Crippen LogP contribution < -0.4 is 5.32 Å². The van der Waals surface area contributed by atoms with E-state index in [-0.39, 0.29) is 18.4 Å². The highest BCUT2D eigenvalue weighted by Crippen LogP contribution is 2.22. The quantitative estimate of drug-likeness (QED) is 0.838. The maximum Gasteiger partial charge on any atom is 0.226 e. The Morgan fingerprint density at radius 1 is 1.50 bits per heavy atom. The third kappa shape index (κ3) is 2.71. The third-order valence-electron chi connectivity index (χ3n) is 3.43. The summed E-state index contributed by atoms with van der Waals surface area (Å²) in [6.07, 6.45) is 0.752. The van der Waals surface area contributed by atoms with E-state index in [1.165, 1.54) is 0 Å². The first-order valence-corrected chi connectivity index (χ1v) is 6.22. The molecule has 1 aromatic carbocycles. The average molecular weight is 249 g/mol. The number of carbonyl (C=O) groups is 1. The van der Waals surface area contributed by atoms with Crippen molar-refractivity contribution in [3.8, 4) is 0 Å². The molecular formula is C14H19NO3. The monoisotopic (exact) mass is 249 g/mol. The summed E-state index contributed by atoms with van der Waals surface area (Å²) in [5, 5.41) is 12.5. The number of aliphatic hydroxyl groups is 1. The summed E-state index contributed by atoms with van der Waals surface area (Å²) < 4.78 is 5.21. The number of amides is 1. The minimum Gasteiger partial charge on any atom is -0.394 e. The normalized spacial score (nSPS) is 22.4. The molecule has 1 aliphatic heterocycles. The molecule has 1 amide bonds. The van der Waals surface area contributed by atoms with Gasteiger partial charge in [-0.1, -0.05) is 30.3 Å². The van der Waals surface area contributed by atoms with Crippen molar-refractivity contribution >= 4 is 5.91 Å². The minimum absolute atomic E-state index is 0.0482. The first-order chi connectivity index (χ1) is 8.65. The van der Waals surface area contributed by atoms with Crippen LogP contribution in [0.1, 0.15) is 18.9 Å². The summed E-state index contributed by atoms with van der Waals surface area (Å²) in [5.74, 6) is -0.146. The van der Waals surface area contributed by atoms with Crippen LogP contribution in [-0.2, 0) is 15.1 Å². The Morgan fingerprint density at radius 3 is 2.78 bits per heavy atom. The Kier molecular flexibility index (Phi) is 3.99. The van der Waals surface area contributed by atoms with E-state index in [1.54, 1.807) is 0 Å². The van der Waals surface area contributed by atoms with Gasteiger partial charge in [0.25, 0.3) is 0 Å². The molecule has 98 valence electrons. The molecule has 1 aliphatic rings. The molecule has 0 aromatic heterocycles. The van der Waals surface area contributed by atoms with Crippen LogP contribution in [0.2, 0.25) is 0 Å². The number of aliphatic hydroxyl groups excluding tert-OH is 1. The summed E-state index contributed by atoms with van der Waals surface area (Å²) in [5.41, 5.74) is 0.167. The van der Waals surface area contributed by atoms with Crippen molar-refractivity contribution in [1.82, 2.24) is 5.32 Å². The van der Waals surface area contributed by atoms with Gasteiger partial charge in [0, 0.05) is 6.61 Å². The maximum atomic E-state index is 12.1. The second-order valence-corrected chi connectivity index (χ2v) is 4.91. The molecule has 2 unspecified atom stereocenters. The van der Waals surface area contributed by atoms with E-state index in [2.05, 4.69) is 5.32 Å². The zero-order chi connectivity index (χ0) is 13.0. The Bertz CT molecular complexity index is 401. The largest absolute Gasteiger partial charge is 0.394 e. The standard InChI is InChI=1S/C14H19NO3/c1-14(10-16,12-5-3-2-4-6-12)15-13(17)11-7-8-18-9-11/h2-6,11,16H,7-10H2,1H3,(H,15,17). The first kappa shape index (κ1) is 13.1. The second kappa shape index (κ2) is 5.50. The van der Waals surface area contributed by atoms with E-state index in [9.17, 15) is 9.90 Å². The number of nitrogens with one attached hydrogen (secondary N) is 1. The molecule has 0 radical (unpaired) electrons. The van der Waals surface area contributed by atoms with Crippen molar-refractivity contribution < 1.29 is 14.6 Å². The minimum atomic E-state index is -0.735. The van der Waals surface area contributed by atoms with Gasteiger partial charge in [0.1, 0.15) is 0 Å². The van der Waals surface area contributed by atoms with E-state index < -0.39 is 5.54 Å². The van der Waals surface area contributed by atoms with Gasteiger partial charge in [-0.15, -0.1) is 0 Å². The van der Waals surface area contributed by atoms with Gasteiger partial charge in [-0.3, -0.25) is 4.79 Å². The number of ether oxygens (including phenoxy) is 1. The van der Waals surface area contributed by atoms with E-state index in [0.29, 0.717) is 13.2 Å². The van der Waals surface area contributed by atoms with Crippen LogP contribution in [0.3, 0.4) is 0 Å². The average Bonchev–Trinajstić information content (AvgIpc) is 2.93. The van der Waals surface area contributed by atoms with Crippen molar-refractivity contribution in [2.24, 2.45) is 5.92 Å². The summed E-state index contributed by atoms with van der Waals surface area (Å²) in [4.78, 5) is 12.1. The van der Waals surface area contributed by atoms with Crippen molar-refractivity contribution in [1.29, 1.82) is 0 Å². The van der Waals surface area contributed by atoms with Gasteiger partial charge in [-0.25, -0.2) is 0 Å². The van der Waals surface area contributed by atoms with Crippen LogP contribution in [-0.4, -0.2) is 30.8 Å². The summed E-state index contributed by atoms with van der Waals surface area (Å²) in [6.45, 7) is 2.81. The van der Waals surface area contributed by atoms with Gasteiger partial charge < -0.3 is 15.2 Å². The Balaban J connectivity index is 2.10. The zero-order valence-electron chi connectivity index (χ0n) is 10.6. The molecule has 0 bridgehead atoms. The molecule has 0 spiro atoms. The van der Waals surface area contributed by atoms with Crippen molar-refractivity contribution in [2.75, 3.05) is 19.8 Å². The molecule has 0 aliphatic carbocycles. The van der Waals surface area contributed by atoms with Gasteiger partial charge in [0.2, 0.25) is 5.91 Å².